The first kappa shape index (κ1) is 17.2. The normalized spacial score (nSPS) is 11.3. The predicted molar refractivity (Wildman–Crippen MR) is 73.5 cm³/mol. The molecule has 0 atom stereocenters. The van der Waals surface area contributed by atoms with E-state index < -0.39 is 22.0 Å². The van der Waals surface area contributed by atoms with E-state index in [2.05, 4.69) is 9.46 Å². The summed E-state index contributed by atoms with van der Waals surface area (Å²) >= 11 is 0. The van der Waals surface area contributed by atoms with Crippen LogP contribution in [0.25, 0.3) is 0 Å². The maximum atomic E-state index is 12.0. The SMILES string of the molecule is CCCn1cc(S(=O)(=O)NCCC(=O)OC)cc1C(=O)O. The van der Waals surface area contributed by atoms with Gasteiger partial charge in [-0.1, -0.05) is 6.92 Å². The van der Waals surface area contributed by atoms with E-state index >= 15 is 0 Å². The Morgan fingerprint density at radius 1 is 1.43 bits per heavy atom. The summed E-state index contributed by atoms with van der Waals surface area (Å²) in [5, 5.41) is 9.05. The number of hydrogen-bond acceptors (Lipinski definition) is 5. The number of carbonyl (C=O) groups excluding carboxylic acids is 1. The number of rotatable bonds is 8. The topological polar surface area (TPSA) is 115 Å². The summed E-state index contributed by atoms with van der Waals surface area (Å²) in [7, 11) is -2.65. The average molecular weight is 318 g/mol. The molecule has 1 aromatic heterocycles. The first-order valence-electron chi connectivity index (χ1n) is 6.31. The van der Waals surface area contributed by atoms with Crippen molar-refractivity contribution < 1.29 is 27.9 Å². The van der Waals surface area contributed by atoms with Crippen molar-refractivity contribution in [1.82, 2.24) is 9.29 Å². The fourth-order valence-electron chi connectivity index (χ4n) is 1.71. The van der Waals surface area contributed by atoms with Crippen LogP contribution in [0.4, 0.5) is 0 Å². The fraction of sp³-hybridized carbons (Fsp3) is 0.500. The van der Waals surface area contributed by atoms with Crippen LogP contribution in [-0.2, 0) is 26.1 Å². The van der Waals surface area contributed by atoms with E-state index in [0.29, 0.717) is 13.0 Å². The van der Waals surface area contributed by atoms with Crippen molar-refractivity contribution in [3.8, 4) is 0 Å². The van der Waals surface area contributed by atoms with Gasteiger partial charge in [0.1, 0.15) is 10.6 Å². The third-order valence-corrected chi connectivity index (χ3v) is 4.14. The van der Waals surface area contributed by atoms with E-state index in [1.807, 2.05) is 6.92 Å². The number of esters is 1. The van der Waals surface area contributed by atoms with E-state index in [1.54, 1.807) is 0 Å². The molecular formula is C12H18N2O6S. The number of carboxylic acid groups (broad SMARTS) is 1. The smallest absolute Gasteiger partial charge is 0.352 e. The van der Waals surface area contributed by atoms with Crippen molar-refractivity contribution >= 4 is 22.0 Å². The maximum absolute atomic E-state index is 12.0. The molecule has 0 fully saturated rings. The Bertz CT molecular complexity index is 620. The number of nitrogens with zero attached hydrogens (tertiary/aromatic N) is 1. The molecule has 0 aliphatic rings. The van der Waals surface area contributed by atoms with E-state index in [-0.39, 0.29) is 23.6 Å². The quantitative estimate of drug-likeness (QED) is 0.672. The van der Waals surface area contributed by atoms with Crippen molar-refractivity contribution in [2.45, 2.75) is 31.2 Å². The second-order valence-corrected chi connectivity index (χ2v) is 6.05. The fourth-order valence-corrected chi connectivity index (χ4v) is 2.78. The summed E-state index contributed by atoms with van der Waals surface area (Å²) in [5.74, 6) is -1.73. The molecule has 8 nitrogen and oxygen atoms in total. The van der Waals surface area contributed by atoms with Gasteiger partial charge in [0, 0.05) is 19.3 Å². The Morgan fingerprint density at radius 2 is 2.10 bits per heavy atom. The number of carbonyl (C=O) groups is 2. The summed E-state index contributed by atoms with van der Waals surface area (Å²) in [6, 6.07) is 1.10. The van der Waals surface area contributed by atoms with Crippen LogP contribution in [0, 0.1) is 0 Å². The first-order chi connectivity index (χ1) is 9.81. The zero-order valence-electron chi connectivity index (χ0n) is 11.8. The summed E-state index contributed by atoms with van der Waals surface area (Å²) in [4.78, 5) is 21.9. The molecule has 1 rings (SSSR count). The van der Waals surface area contributed by atoms with Crippen LogP contribution in [0.2, 0.25) is 0 Å². The zero-order chi connectivity index (χ0) is 16.0. The maximum Gasteiger partial charge on any atom is 0.352 e. The molecule has 0 amide bonds. The van der Waals surface area contributed by atoms with Gasteiger partial charge >= 0.3 is 11.9 Å². The first-order valence-corrected chi connectivity index (χ1v) is 7.80. The van der Waals surface area contributed by atoms with Crippen LogP contribution in [0.5, 0.6) is 0 Å². The van der Waals surface area contributed by atoms with Crippen LogP contribution < -0.4 is 4.72 Å². The van der Waals surface area contributed by atoms with E-state index in [9.17, 15) is 18.0 Å². The van der Waals surface area contributed by atoms with Gasteiger partial charge in [-0.05, 0) is 12.5 Å². The number of sulfonamides is 1. The lowest BCUT2D eigenvalue weighted by Crippen LogP contribution is -2.26. The monoisotopic (exact) mass is 318 g/mol. The highest BCUT2D eigenvalue weighted by Crippen LogP contribution is 2.15. The highest BCUT2D eigenvalue weighted by molar-refractivity contribution is 7.89. The molecule has 0 saturated carbocycles. The van der Waals surface area contributed by atoms with E-state index in [1.165, 1.54) is 17.9 Å². The molecule has 0 radical (unpaired) electrons. The minimum atomic E-state index is -3.86. The van der Waals surface area contributed by atoms with Gasteiger partial charge in [0.2, 0.25) is 10.0 Å². The van der Waals surface area contributed by atoms with Crippen molar-refractivity contribution in [1.29, 1.82) is 0 Å². The largest absolute Gasteiger partial charge is 0.477 e. The van der Waals surface area contributed by atoms with Gasteiger partial charge in [-0.3, -0.25) is 4.79 Å². The minimum absolute atomic E-state index is 0.0924. The third-order valence-electron chi connectivity index (χ3n) is 2.71. The van der Waals surface area contributed by atoms with Crippen LogP contribution in [0.3, 0.4) is 0 Å². The summed E-state index contributed by atoms with van der Waals surface area (Å²) in [6.45, 7) is 2.14. The molecule has 2 N–H and O–H groups in total. The van der Waals surface area contributed by atoms with Gasteiger partial charge in [0.15, 0.2) is 0 Å². The van der Waals surface area contributed by atoms with Gasteiger partial charge in [-0.25, -0.2) is 17.9 Å². The molecule has 0 saturated heterocycles. The molecular weight excluding hydrogens is 300 g/mol. The molecule has 0 aliphatic carbocycles. The van der Waals surface area contributed by atoms with E-state index in [4.69, 9.17) is 5.11 Å². The van der Waals surface area contributed by atoms with Crippen LogP contribution in [-0.4, -0.2) is 43.7 Å². The second kappa shape index (κ2) is 7.23. The Hall–Kier alpha value is -1.87. The van der Waals surface area contributed by atoms with Gasteiger partial charge in [-0.2, -0.15) is 0 Å². The molecule has 1 heterocycles. The van der Waals surface area contributed by atoms with Crippen molar-refractivity contribution in [3.63, 3.8) is 0 Å². The van der Waals surface area contributed by atoms with Gasteiger partial charge in [0.05, 0.1) is 13.5 Å². The number of methoxy groups -OCH3 is 1. The third kappa shape index (κ3) is 4.57. The zero-order valence-corrected chi connectivity index (χ0v) is 12.6. The predicted octanol–water partition coefficient (Wildman–Crippen LogP) is 0.438. The van der Waals surface area contributed by atoms with Crippen LogP contribution in [0.15, 0.2) is 17.2 Å². The Labute approximate surface area is 122 Å². The van der Waals surface area contributed by atoms with Crippen molar-refractivity contribution in [2.75, 3.05) is 13.7 Å². The number of hydrogen-bond donors (Lipinski definition) is 2. The standard InChI is InChI=1S/C12H18N2O6S/c1-3-6-14-8-9(7-10(14)12(16)17)21(18,19)13-5-4-11(15)20-2/h7-8,13H,3-6H2,1-2H3,(H,16,17). The molecule has 0 bridgehead atoms. The summed E-state index contributed by atoms with van der Waals surface area (Å²) < 4.78 is 32.1. The highest BCUT2D eigenvalue weighted by atomic mass is 32.2. The van der Waals surface area contributed by atoms with Crippen LogP contribution >= 0.6 is 0 Å². The Balaban J connectivity index is 2.90. The summed E-state index contributed by atoms with van der Waals surface area (Å²) in [5.41, 5.74) is -0.0924. The van der Waals surface area contributed by atoms with E-state index in [0.717, 1.165) is 6.07 Å². The lowest BCUT2D eigenvalue weighted by molar-refractivity contribution is -0.140. The minimum Gasteiger partial charge on any atom is -0.477 e. The number of aromatic nitrogens is 1. The van der Waals surface area contributed by atoms with Gasteiger partial charge in [-0.15, -0.1) is 0 Å². The van der Waals surface area contributed by atoms with Crippen molar-refractivity contribution in [3.05, 3.63) is 18.0 Å². The highest BCUT2D eigenvalue weighted by Gasteiger charge is 2.21. The van der Waals surface area contributed by atoms with Gasteiger partial charge in [0.25, 0.3) is 0 Å². The second-order valence-electron chi connectivity index (χ2n) is 4.28. The number of nitrogens with one attached hydrogen (secondary N) is 1. The molecule has 118 valence electrons. The molecule has 0 spiro atoms. The number of aromatic carboxylic acids is 1. The lowest BCUT2D eigenvalue weighted by atomic mass is 10.4. The summed E-state index contributed by atoms with van der Waals surface area (Å²) in [6.07, 6.45) is 1.84. The molecule has 1 aromatic rings. The molecule has 0 aromatic carbocycles. The molecule has 9 heteroatoms. The Kier molecular flexibility index (Phi) is 5.91. The lowest BCUT2D eigenvalue weighted by Gasteiger charge is -2.04. The number of ether oxygens (including phenoxy) is 1. The van der Waals surface area contributed by atoms with Crippen molar-refractivity contribution in [2.24, 2.45) is 0 Å². The average Bonchev–Trinajstić information content (AvgIpc) is 2.83. The van der Waals surface area contributed by atoms with Gasteiger partial charge < -0.3 is 14.4 Å². The molecule has 0 aliphatic heterocycles. The number of aryl methyl sites for hydroxylation is 1. The number of carboxylic acids is 1. The molecule has 21 heavy (non-hydrogen) atoms. The Morgan fingerprint density at radius 3 is 2.62 bits per heavy atom. The van der Waals surface area contributed by atoms with Crippen LogP contribution in [0.1, 0.15) is 30.3 Å². The molecule has 0 unspecified atom stereocenters.